The molecule has 0 atom stereocenters. The average molecular weight is 1030 g/mol. The van der Waals surface area contributed by atoms with Crippen LogP contribution in [-0.2, 0) is 0 Å². The number of amides is 4. The lowest BCUT2D eigenvalue weighted by atomic mass is 10.0. The third kappa shape index (κ3) is 11.4. The van der Waals surface area contributed by atoms with E-state index in [1.54, 1.807) is 146 Å². The summed E-state index contributed by atoms with van der Waals surface area (Å²) in [6.45, 7) is 0. The second-order valence-corrected chi connectivity index (χ2v) is 17.6. The second kappa shape index (κ2) is 22.6. The van der Waals surface area contributed by atoms with Crippen molar-refractivity contribution in [2.45, 2.75) is 0 Å². The van der Waals surface area contributed by atoms with E-state index in [0.29, 0.717) is 55.8 Å². The van der Waals surface area contributed by atoms with Crippen LogP contribution in [0.1, 0.15) is 41.4 Å². The summed E-state index contributed by atoms with van der Waals surface area (Å²) in [4.78, 5) is 54.1. The fourth-order valence-electron chi connectivity index (χ4n) is 8.52. The fraction of sp³-hybridized carbons (Fsp3) is 0.0323. The SMILES string of the molecule is COc1cc(N=Nc2c(O)c(C(=O)Nc3ccc(-c4ccc(NC(=O)c5cc6ccccc6c(N=Nc6cc(OC)cc(C(=O)Nc7ccccc7)c6)c5O)cc4)cc3)cc3ccccc23)cc(C(=O)Nc2ccccc2)c1. The molecule has 382 valence electrons. The summed E-state index contributed by atoms with van der Waals surface area (Å²) in [5.74, 6) is -2.00. The number of fused-ring (bicyclic) bond motifs is 2. The summed E-state index contributed by atoms with van der Waals surface area (Å²) in [5, 5.41) is 54.5. The molecule has 0 radical (unpaired) electrons. The first kappa shape index (κ1) is 50.5. The molecule has 0 bridgehead atoms. The van der Waals surface area contributed by atoms with Crippen LogP contribution in [-0.4, -0.2) is 48.1 Å². The van der Waals surface area contributed by atoms with Crippen LogP contribution in [0.4, 0.5) is 45.5 Å². The summed E-state index contributed by atoms with van der Waals surface area (Å²) >= 11 is 0. The molecule has 0 saturated carbocycles. The number of para-hydroxylation sites is 2. The highest BCUT2D eigenvalue weighted by atomic mass is 16.5. The molecule has 0 aliphatic carbocycles. The van der Waals surface area contributed by atoms with Crippen molar-refractivity contribution >= 4 is 90.7 Å². The largest absolute Gasteiger partial charge is 0.505 e. The molecular weight excluding hydrogens is 985 g/mol. The monoisotopic (exact) mass is 1030 g/mol. The Bertz CT molecular complexity index is 3720. The molecule has 0 aliphatic rings. The van der Waals surface area contributed by atoms with Gasteiger partial charge in [0, 0.05) is 56.8 Å². The highest BCUT2D eigenvalue weighted by Gasteiger charge is 2.21. The minimum Gasteiger partial charge on any atom is -0.505 e. The lowest BCUT2D eigenvalue weighted by molar-refractivity contribution is 0.101. The van der Waals surface area contributed by atoms with E-state index in [2.05, 4.69) is 41.7 Å². The predicted molar refractivity (Wildman–Crippen MR) is 302 cm³/mol. The number of carbonyl (C=O) groups is 4. The highest BCUT2D eigenvalue weighted by Crippen LogP contribution is 2.42. The molecule has 0 unspecified atom stereocenters. The van der Waals surface area contributed by atoms with Gasteiger partial charge in [-0.15, -0.1) is 10.2 Å². The number of benzene rings is 10. The number of methoxy groups -OCH3 is 2. The minimum absolute atomic E-state index is 0.0377. The van der Waals surface area contributed by atoms with Crippen LogP contribution in [0.5, 0.6) is 23.0 Å². The normalized spacial score (nSPS) is 11.2. The molecule has 6 N–H and O–H groups in total. The first-order valence-electron chi connectivity index (χ1n) is 24.3. The van der Waals surface area contributed by atoms with Gasteiger partial charge in [-0.2, -0.15) is 10.2 Å². The zero-order valence-corrected chi connectivity index (χ0v) is 41.8. The minimum atomic E-state index is -0.590. The van der Waals surface area contributed by atoms with E-state index in [0.717, 1.165) is 11.1 Å². The Morgan fingerprint density at radius 1 is 0.372 bits per heavy atom. The van der Waals surface area contributed by atoms with Gasteiger partial charge < -0.3 is 41.0 Å². The van der Waals surface area contributed by atoms with Gasteiger partial charge in [0.15, 0.2) is 11.5 Å². The Morgan fingerprint density at radius 3 is 1.10 bits per heavy atom. The van der Waals surface area contributed by atoms with Gasteiger partial charge in [0.25, 0.3) is 23.6 Å². The van der Waals surface area contributed by atoms with Crippen molar-refractivity contribution in [3.63, 3.8) is 0 Å². The van der Waals surface area contributed by atoms with Crippen LogP contribution >= 0.6 is 0 Å². The lowest BCUT2D eigenvalue weighted by Gasteiger charge is -2.12. The van der Waals surface area contributed by atoms with Crippen molar-refractivity contribution in [1.82, 2.24) is 0 Å². The van der Waals surface area contributed by atoms with Gasteiger partial charge in [0.2, 0.25) is 0 Å². The van der Waals surface area contributed by atoms with Gasteiger partial charge >= 0.3 is 0 Å². The molecule has 10 aromatic rings. The Hall–Kier alpha value is -11.0. The molecule has 0 aromatic heterocycles. The van der Waals surface area contributed by atoms with Crippen molar-refractivity contribution in [2.75, 3.05) is 35.5 Å². The third-order valence-electron chi connectivity index (χ3n) is 12.5. The number of aromatic hydroxyl groups is 2. The van der Waals surface area contributed by atoms with Crippen LogP contribution in [0.15, 0.2) is 227 Å². The molecule has 16 heteroatoms. The Kier molecular flexibility index (Phi) is 14.7. The van der Waals surface area contributed by atoms with Crippen molar-refractivity contribution in [3.05, 3.63) is 229 Å². The summed E-state index contributed by atoms with van der Waals surface area (Å²) in [5.41, 5.74) is 4.88. The number of phenols is 2. The zero-order valence-electron chi connectivity index (χ0n) is 41.8. The summed E-state index contributed by atoms with van der Waals surface area (Å²) in [6, 6.07) is 59.1. The quantitative estimate of drug-likeness (QED) is 0.0540. The number of carbonyl (C=O) groups excluding carboxylic acids is 4. The first-order valence-corrected chi connectivity index (χ1v) is 24.3. The third-order valence-corrected chi connectivity index (χ3v) is 12.5. The molecule has 0 saturated heterocycles. The Balaban J connectivity index is 0.827. The standard InChI is InChI=1S/C62H46N8O8/c1-77-49-31-41(59(73)63-43-15-5-3-6-16-43)29-47(35-49)67-69-55-51-19-11-9-13-39(51)33-53(57(55)71)61(75)65-45-25-21-37(22-26-45)38-23-27-46(28-24-38)66-62(76)54-34-40-14-10-12-20-52(40)56(58(54)72)70-68-48-30-42(32-50(36-48)78-2)60(74)64-44-17-7-4-8-18-44/h3-36,71-72H,1-2H3,(H,63,73)(H,64,74)(H,65,75)(H,66,76). The van der Waals surface area contributed by atoms with Crippen molar-refractivity contribution < 1.29 is 38.9 Å². The smallest absolute Gasteiger partial charge is 0.259 e. The van der Waals surface area contributed by atoms with Gasteiger partial charge in [-0.3, -0.25) is 19.2 Å². The summed E-state index contributed by atoms with van der Waals surface area (Å²) < 4.78 is 10.9. The number of phenolic OH excluding ortho intramolecular Hbond substituents is 2. The number of azo groups is 2. The number of hydrogen-bond acceptors (Lipinski definition) is 12. The highest BCUT2D eigenvalue weighted by molar-refractivity contribution is 6.13. The van der Waals surface area contributed by atoms with E-state index in [1.807, 2.05) is 60.7 Å². The molecule has 0 heterocycles. The van der Waals surface area contributed by atoms with E-state index in [1.165, 1.54) is 14.2 Å². The zero-order chi connectivity index (χ0) is 54.1. The van der Waals surface area contributed by atoms with Gasteiger partial charge in [-0.25, -0.2) is 0 Å². The van der Waals surface area contributed by atoms with E-state index in [9.17, 15) is 29.4 Å². The fourth-order valence-corrected chi connectivity index (χ4v) is 8.52. The van der Waals surface area contributed by atoms with E-state index < -0.39 is 23.3 Å². The van der Waals surface area contributed by atoms with E-state index in [-0.39, 0.29) is 56.8 Å². The summed E-state index contributed by atoms with van der Waals surface area (Å²) in [6.07, 6.45) is 0. The maximum atomic E-state index is 13.9. The van der Waals surface area contributed by atoms with Gasteiger partial charge in [0.1, 0.15) is 22.9 Å². The first-order chi connectivity index (χ1) is 38.0. The van der Waals surface area contributed by atoms with Crippen LogP contribution in [0, 0.1) is 0 Å². The molecule has 0 fully saturated rings. The number of hydrogen-bond donors (Lipinski definition) is 6. The molecule has 0 aliphatic heterocycles. The van der Waals surface area contributed by atoms with Gasteiger partial charge in [-0.05, 0) is 107 Å². The number of nitrogens with zero attached hydrogens (tertiary/aromatic N) is 4. The number of nitrogens with one attached hydrogen (secondary N) is 4. The predicted octanol–water partition coefficient (Wildman–Crippen LogP) is 14.9. The van der Waals surface area contributed by atoms with Crippen molar-refractivity contribution in [2.24, 2.45) is 20.5 Å². The Labute approximate surface area is 446 Å². The molecule has 10 rings (SSSR count). The van der Waals surface area contributed by atoms with Gasteiger partial charge in [-0.1, -0.05) is 109 Å². The van der Waals surface area contributed by atoms with Crippen LogP contribution in [0.2, 0.25) is 0 Å². The number of ether oxygens (including phenoxy) is 2. The average Bonchev–Trinajstić information content (AvgIpc) is 3.49. The Morgan fingerprint density at radius 2 is 0.718 bits per heavy atom. The second-order valence-electron chi connectivity index (χ2n) is 17.6. The van der Waals surface area contributed by atoms with Crippen molar-refractivity contribution in [3.8, 4) is 34.1 Å². The van der Waals surface area contributed by atoms with Crippen LogP contribution < -0.4 is 30.7 Å². The van der Waals surface area contributed by atoms with E-state index >= 15 is 0 Å². The molecule has 78 heavy (non-hydrogen) atoms. The maximum Gasteiger partial charge on any atom is 0.259 e. The van der Waals surface area contributed by atoms with Crippen LogP contribution in [0.25, 0.3) is 32.7 Å². The molecule has 10 aromatic carbocycles. The lowest BCUT2D eigenvalue weighted by Crippen LogP contribution is -2.12. The molecular formula is C62H46N8O8. The molecule has 4 amide bonds. The van der Waals surface area contributed by atoms with Crippen molar-refractivity contribution in [1.29, 1.82) is 0 Å². The number of anilines is 4. The maximum absolute atomic E-state index is 13.9. The van der Waals surface area contributed by atoms with E-state index in [4.69, 9.17) is 9.47 Å². The summed E-state index contributed by atoms with van der Waals surface area (Å²) in [7, 11) is 2.94. The van der Waals surface area contributed by atoms with Crippen LogP contribution in [0.3, 0.4) is 0 Å². The molecule has 0 spiro atoms. The topological polar surface area (TPSA) is 225 Å². The van der Waals surface area contributed by atoms with Gasteiger partial charge in [0.05, 0.1) is 36.7 Å². The molecule has 16 nitrogen and oxygen atoms in total. The number of rotatable bonds is 15.